The van der Waals surface area contributed by atoms with Gasteiger partial charge in [-0.2, -0.15) is 13.2 Å². The largest absolute Gasteiger partial charge is 0.431 e. The van der Waals surface area contributed by atoms with Crippen LogP contribution in [0.4, 0.5) is 24.5 Å². The fourth-order valence-electron chi connectivity index (χ4n) is 3.32. The fourth-order valence-corrected chi connectivity index (χ4v) is 4.11. The summed E-state index contributed by atoms with van der Waals surface area (Å²) in [5.74, 6) is 0.0441. The second kappa shape index (κ2) is 8.62. The monoisotopic (exact) mass is 450 g/mol. The highest BCUT2D eigenvalue weighted by molar-refractivity contribution is 7.99. The molecule has 6 nitrogen and oxygen atoms in total. The molecular formula is C21H21F3N4O2S. The van der Waals surface area contributed by atoms with E-state index < -0.39 is 29.0 Å². The Bertz CT molecular complexity index is 1210. The summed E-state index contributed by atoms with van der Waals surface area (Å²) in [6.45, 7) is 3.11. The number of halogens is 3. The third kappa shape index (κ3) is 4.25. The molecule has 0 fully saturated rings. The molecule has 0 atom stereocenters. The molecule has 0 saturated heterocycles. The number of carbonyl (C=O) groups excluding carboxylic acids is 1. The molecule has 0 bridgehead atoms. The molecule has 0 radical (unpaired) electrons. The van der Waals surface area contributed by atoms with Crippen LogP contribution in [0.15, 0.2) is 46.1 Å². The van der Waals surface area contributed by atoms with Crippen molar-refractivity contribution in [1.82, 2.24) is 9.55 Å². The number of nitrogen functional groups attached to an aromatic ring is 1. The maximum atomic E-state index is 13.3. The minimum atomic E-state index is -4.75. The Morgan fingerprint density at radius 2 is 1.90 bits per heavy atom. The molecule has 10 heteroatoms. The number of hydrogen-bond acceptors (Lipinski definition) is 5. The number of thioether (sulfide) groups is 1. The smallest absolute Gasteiger partial charge is 0.397 e. The normalized spacial score (nSPS) is 11.7. The lowest BCUT2D eigenvalue weighted by atomic mass is 10.2. The molecule has 2 heterocycles. The molecule has 3 rings (SSSR count). The summed E-state index contributed by atoms with van der Waals surface area (Å²) in [6.07, 6.45) is -4.75. The predicted molar refractivity (Wildman–Crippen MR) is 117 cm³/mol. The van der Waals surface area contributed by atoms with Gasteiger partial charge in [-0.15, -0.1) is 11.8 Å². The lowest BCUT2D eigenvalue weighted by Gasteiger charge is -2.23. The van der Waals surface area contributed by atoms with Gasteiger partial charge in [-0.1, -0.05) is 25.1 Å². The zero-order valence-corrected chi connectivity index (χ0v) is 18.0. The van der Waals surface area contributed by atoms with E-state index in [1.54, 1.807) is 12.1 Å². The van der Waals surface area contributed by atoms with Crippen LogP contribution >= 0.6 is 11.8 Å². The predicted octanol–water partition coefficient (Wildman–Crippen LogP) is 4.41. The molecule has 1 amide bonds. The first-order valence-corrected chi connectivity index (χ1v) is 10.5. The molecule has 0 aliphatic carbocycles. The van der Waals surface area contributed by atoms with Crippen molar-refractivity contribution in [3.8, 4) is 0 Å². The van der Waals surface area contributed by atoms with Gasteiger partial charge in [-0.05, 0) is 30.9 Å². The molecule has 1 aromatic carbocycles. The lowest BCUT2D eigenvalue weighted by Crippen LogP contribution is -2.37. The molecule has 0 aliphatic heterocycles. The number of benzene rings is 1. The van der Waals surface area contributed by atoms with Crippen LogP contribution in [-0.4, -0.2) is 28.3 Å². The van der Waals surface area contributed by atoms with Gasteiger partial charge in [0.25, 0.3) is 11.5 Å². The first-order chi connectivity index (χ1) is 14.6. The number of pyridine rings is 2. The average Bonchev–Trinajstić information content (AvgIpc) is 2.71. The van der Waals surface area contributed by atoms with Crippen molar-refractivity contribution in [2.24, 2.45) is 0 Å². The number of anilines is 2. The number of hydrogen-bond donors (Lipinski definition) is 1. The number of amides is 1. The Morgan fingerprint density at radius 1 is 1.23 bits per heavy atom. The number of para-hydroxylation sites is 1. The standard InChI is InChI=1S/C21H21F3N4O2S/c1-4-28-16(21(22,23)24)11-13(25)18(20(28)30)27(3)19(29)17-15(31-5-2)10-12-8-6-7-9-14(12)26-17/h6-11H,4-5,25H2,1-3H3. The molecule has 2 aromatic heterocycles. The number of alkyl halides is 3. The molecule has 0 saturated carbocycles. The number of fused-ring (bicyclic) bond motifs is 1. The van der Waals surface area contributed by atoms with Crippen LogP contribution in [0.5, 0.6) is 0 Å². The lowest BCUT2D eigenvalue weighted by molar-refractivity contribution is -0.144. The second-order valence-corrected chi connectivity index (χ2v) is 8.01. The van der Waals surface area contributed by atoms with Gasteiger partial charge in [0.1, 0.15) is 17.1 Å². The highest BCUT2D eigenvalue weighted by Crippen LogP contribution is 2.33. The van der Waals surface area contributed by atoms with Gasteiger partial charge in [0.2, 0.25) is 0 Å². The van der Waals surface area contributed by atoms with Gasteiger partial charge in [0.05, 0.1) is 11.2 Å². The number of aromatic nitrogens is 2. The summed E-state index contributed by atoms with van der Waals surface area (Å²) in [5.41, 5.74) is 3.62. The third-order valence-corrected chi connectivity index (χ3v) is 5.65. The van der Waals surface area contributed by atoms with Gasteiger partial charge < -0.3 is 15.2 Å². The molecule has 0 unspecified atom stereocenters. The minimum absolute atomic E-state index is 0.106. The van der Waals surface area contributed by atoms with E-state index in [4.69, 9.17) is 5.73 Å². The van der Waals surface area contributed by atoms with Crippen LogP contribution in [-0.2, 0) is 12.7 Å². The van der Waals surface area contributed by atoms with E-state index in [0.29, 0.717) is 26.8 Å². The topological polar surface area (TPSA) is 81.2 Å². The van der Waals surface area contributed by atoms with Crippen LogP contribution in [0.2, 0.25) is 0 Å². The quantitative estimate of drug-likeness (QED) is 0.583. The van der Waals surface area contributed by atoms with E-state index in [-0.39, 0.29) is 17.9 Å². The van der Waals surface area contributed by atoms with Gasteiger partial charge in [-0.25, -0.2) is 4.98 Å². The van der Waals surface area contributed by atoms with E-state index in [9.17, 15) is 22.8 Å². The maximum absolute atomic E-state index is 13.3. The highest BCUT2D eigenvalue weighted by Gasteiger charge is 2.36. The Balaban J connectivity index is 2.16. The summed E-state index contributed by atoms with van der Waals surface area (Å²) in [5, 5.41) is 0.847. The highest BCUT2D eigenvalue weighted by atomic mass is 32.2. The first-order valence-electron chi connectivity index (χ1n) is 9.51. The van der Waals surface area contributed by atoms with E-state index in [1.807, 2.05) is 25.1 Å². The SMILES string of the molecule is CCSc1cc2ccccc2nc1C(=O)N(C)c1c(N)cc(C(F)(F)F)n(CC)c1=O. The van der Waals surface area contributed by atoms with Crippen LogP contribution in [0, 0.1) is 0 Å². The number of carbonyl (C=O) groups is 1. The van der Waals surface area contributed by atoms with Crippen LogP contribution in [0.3, 0.4) is 0 Å². The first kappa shape index (κ1) is 22.7. The van der Waals surface area contributed by atoms with Gasteiger partial charge >= 0.3 is 6.18 Å². The third-order valence-electron chi connectivity index (χ3n) is 4.74. The van der Waals surface area contributed by atoms with Crippen molar-refractivity contribution < 1.29 is 18.0 Å². The molecule has 2 N–H and O–H groups in total. The zero-order valence-electron chi connectivity index (χ0n) is 17.2. The van der Waals surface area contributed by atoms with Crippen LogP contribution in [0.1, 0.15) is 30.0 Å². The number of nitrogens with zero attached hydrogens (tertiary/aromatic N) is 3. The maximum Gasteiger partial charge on any atom is 0.431 e. The summed E-state index contributed by atoms with van der Waals surface area (Å²) < 4.78 is 40.5. The van der Waals surface area contributed by atoms with Crippen molar-refractivity contribution in [3.63, 3.8) is 0 Å². The summed E-state index contributed by atoms with van der Waals surface area (Å²) in [4.78, 5) is 32.2. The summed E-state index contributed by atoms with van der Waals surface area (Å²) in [6, 6.07) is 9.77. The van der Waals surface area contributed by atoms with Crippen molar-refractivity contribution in [3.05, 3.63) is 58.1 Å². The number of rotatable bonds is 5. The van der Waals surface area contributed by atoms with Gasteiger partial charge in [0, 0.05) is 23.9 Å². The number of nitrogens with two attached hydrogens (primary N) is 1. The molecule has 0 spiro atoms. The molecule has 3 aromatic rings. The van der Waals surface area contributed by atoms with E-state index >= 15 is 0 Å². The van der Waals surface area contributed by atoms with E-state index in [0.717, 1.165) is 10.3 Å². The van der Waals surface area contributed by atoms with Gasteiger partial charge in [-0.3, -0.25) is 9.59 Å². The second-order valence-electron chi connectivity index (χ2n) is 6.71. The van der Waals surface area contributed by atoms with Crippen molar-refractivity contribution >= 4 is 39.9 Å². The Kier molecular flexibility index (Phi) is 6.30. The van der Waals surface area contributed by atoms with Crippen molar-refractivity contribution in [2.75, 3.05) is 23.4 Å². The van der Waals surface area contributed by atoms with E-state index in [1.165, 1.54) is 25.7 Å². The Hall–Kier alpha value is -3.01. The molecular weight excluding hydrogens is 429 g/mol. The fraction of sp³-hybridized carbons (Fsp3) is 0.286. The molecule has 164 valence electrons. The van der Waals surface area contributed by atoms with Crippen LogP contribution in [0.25, 0.3) is 10.9 Å². The molecule has 31 heavy (non-hydrogen) atoms. The van der Waals surface area contributed by atoms with Crippen molar-refractivity contribution in [2.45, 2.75) is 31.5 Å². The molecule has 0 aliphatic rings. The van der Waals surface area contributed by atoms with Crippen LogP contribution < -0.4 is 16.2 Å². The van der Waals surface area contributed by atoms with Crippen molar-refractivity contribution in [1.29, 1.82) is 0 Å². The van der Waals surface area contributed by atoms with Gasteiger partial charge in [0.15, 0.2) is 0 Å². The van der Waals surface area contributed by atoms with E-state index in [2.05, 4.69) is 4.98 Å². The average molecular weight is 450 g/mol. The Labute approximate surface area is 180 Å². The minimum Gasteiger partial charge on any atom is -0.397 e. The summed E-state index contributed by atoms with van der Waals surface area (Å²) in [7, 11) is 1.31. The Morgan fingerprint density at radius 3 is 2.52 bits per heavy atom. The zero-order chi connectivity index (χ0) is 22.9. The summed E-state index contributed by atoms with van der Waals surface area (Å²) >= 11 is 1.41.